The average Bonchev–Trinajstić information content (AvgIpc) is 3.94. The van der Waals surface area contributed by atoms with Gasteiger partial charge in [0, 0.05) is 43.6 Å². The minimum atomic E-state index is 0.524. The van der Waals surface area contributed by atoms with E-state index in [-0.39, 0.29) is 0 Å². The van der Waals surface area contributed by atoms with Crippen LogP contribution in [0.2, 0.25) is 0 Å². The lowest BCUT2D eigenvalue weighted by molar-refractivity contribution is 0.669. The lowest BCUT2D eigenvalue weighted by Gasteiger charge is -2.13. The Bertz CT molecular complexity index is 3420. The molecule has 0 amide bonds. The van der Waals surface area contributed by atoms with Crippen molar-refractivity contribution in [2.24, 2.45) is 0 Å². The minimum Gasteiger partial charge on any atom is -0.455 e. The zero-order valence-electron chi connectivity index (χ0n) is 30.5. The Kier molecular flexibility index (Phi) is 6.83. The van der Waals surface area contributed by atoms with Crippen molar-refractivity contribution in [1.29, 1.82) is 0 Å². The molecule has 0 aliphatic heterocycles. The minimum absolute atomic E-state index is 0.524. The van der Waals surface area contributed by atoms with Gasteiger partial charge in [0.2, 0.25) is 5.95 Å². The molecule has 0 aliphatic rings. The third-order valence-corrected chi connectivity index (χ3v) is 11.2. The van der Waals surface area contributed by atoms with Gasteiger partial charge in [0.25, 0.3) is 0 Å². The highest BCUT2D eigenvalue weighted by Crippen LogP contribution is 2.42. The molecule has 0 saturated carbocycles. The summed E-state index contributed by atoms with van der Waals surface area (Å²) in [6, 6.07) is 65.6. The first-order valence-electron chi connectivity index (χ1n) is 19.1. The Labute approximate surface area is 326 Å². The van der Waals surface area contributed by atoms with Gasteiger partial charge in [-0.25, -0.2) is 4.98 Å². The summed E-state index contributed by atoms with van der Waals surface area (Å²) in [5.41, 5.74) is 10.7. The van der Waals surface area contributed by atoms with Crippen molar-refractivity contribution in [2.75, 3.05) is 0 Å². The van der Waals surface area contributed by atoms with Crippen molar-refractivity contribution in [3.05, 3.63) is 188 Å². The predicted molar refractivity (Wildman–Crippen MR) is 232 cm³/mol. The maximum absolute atomic E-state index is 6.88. The summed E-state index contributed by atoms with van der Waals surface area (Å²) in [5, 5.41) is 6.67. The maximum Gasteiger partial charge on any atom is 0.238 e. The molecular weight excluding hydrogens is 699 g/mol. The first-order valence-corrected chi connectivity index (χ1v) is 19.1. The van der Waals surface area contributed by atoms with Gasteiger partial charge in [-0.15, -0.1) is 0 Å². The van der Waals surface area contributed by atoms with Crippen molar-refractivity contribution < 1.29 is 4.42 Å². The highest BCUT2D eigenvalue weighted by Gasteiger charge is 2.23. The normalized spacial score (nSPS) is 11.9. The van der Waals surface area contributed by atoms with E-state index in [9.17, 15) is 0 Å². The fourth-order valence-electron chi connectivity index (χ4n) is 8.61. The molecule has 0 fully saturated rings. The summed E-state index contributed by atoms with van der Waals surface area (Å²) < 4.78 is 11.4. The van der Waals surface area contributed by atoms with Crippen LogP contribution in [0.4, 0.5) is 0 Å². The predicted octanol–water partition coefficient (Wildman–Crippen LogP) is 13.0. The number of fused-ring (bicyclic) bond motifs is 9. The largest absolute Gasteiger partial charge is 0.455 e. The molecule has 266 valence electrons. The van der Waals surface area contributed by atoms with Crippen LogP contribution in [-0.2, 0) is 0 Å². The molecule has 4 aromatic heterocycles. The molecule has 0 atom stereocenters. The zero-order valence-corrected chi connectivity index (χ0v) is 30.5. The molecule has 4 heterocycles. The molecule has 57 heavy (non-hydrogen) atoms. The molecule has 0 aliphatic carbocycles. The first-order chi connectivity index (χ1) is 28.3. The van der Waals surface area contributed by atoms with E-state index in [0.717, 1.165) is 82.7 Å². The van der Waals surface area contributed by atoms with Crippen molar-refractivity contribution in [1.82, 2.24) is 24.1 Å². The molecule has 0 bridgehead atoms. The van der Waals surface area contributed by atoms with Gasteiger partial charge in [-0.2, -0.15) is 9.97 Å². The Morgan fingerprint density at radius 3 is 1.46 bits per heavy atom. The number of rotatable bonds is 5. The Morgan fingerprint density at radius 1 is 0.351 bits per heavy atom. The Balaban J connectivity index is 1.20. The third-order valence-electron chi connectivity index (χ3n) is 11.2. The van der Waals surface area contributed by atoms with Crippen LogP contribution >= 0.6 is 0 Å². The van der Waals surface area contributed by atoms with E-state index in [0.29, 0.717) is 17.6 Å². The van der Waals surface area contributed by atoms with Crippen LogP contribution in [0.5, 0.6) is 0 Å². The van der Waals surface area contributed by atoms with Gasteiger partial charge in [0.1, 0.15) is 11.2 Å². The van der Waals surface area contributed by atoms with Crippen LogP contribution in [0, 0.1) is 0 Å². The molecule has 6 nitrogen and oxygen atoms in total. The van der Waals surface area contributed by atoms with Crippen molar-refractivity contribution in [3.8, 4) is 45.5 Å². The lowest BCUT2D eigenvalue weighted by atomic mass is 10.0. The van der Waals surface area contributed by atoms with Crippen LogP contribution < -0.4 is 0 Å². The number of furan rings is 1. The monoisotopic (exact) mass is 729 g/mol. The van der Waals surface area contributed by atoms with Crippen molar-refractivity contribution in [2.45, 2.75) is 0 Å². The van der Waals surface area contributed by atoms with E-state index in [4.69, 9.17) is 19.4 Å². The van der Waals surface area contributed by atoms with Gasteiger partial charge in [0.15, 0.2) is 11.6 Å². The first kappa shape index (κ1) is 31.5. The van der Waals surface area contributed by atoms with Crippen LogP contribution in [0.25, 0.3) is 111 Å². The lowest BCUT2D eigenvalue weighted by Crippen LogP contribution is -2.06. The van der Waals surface area contributed by atoms with Gasteiger partial charge in [-0.3, -0.25) is 4.57 Å². The summed E-state index contributed by atoms with van der Waals surface area (Å²) in [6.45, 7) is 0. The molecule has 0 spiro atoms. The molecule has 12 aromatic rings. The second-order valence-corrected chi connectivity index (χ2v) is 14.4. The van der Waals surface area contributed by atoms with E-state index < -0.39 is 0 Å². The Hall–Kier alpha value is -7.83. The van der Waals surface area contributed by atoms with Crippen LogP contribution in [0.3, 0.4) is 0 Å². The molecule has 0 unspecified atom stereocenters. The van der Waals surface area contributed by atoms with E-state index in [1.165, 1.54) is 10.8 Å². The van der Waals surface area contributed by atoms with Gasteiger partial charge in [0.05, 0.1) is 27.6 Å². The molecule has 0 N–H and O–H groups in total. The quantitative estimate of drug-likeness (QED) is 0.177. The molecule has 12 rings (SSSR count). The van der Waals surface area contributed by atoms with Crippen molar-refractivity contribution in [3.63, 3.8) is 0 Å². The third kappa shape index (κ3) is 4.87. The van der Waals surface area contributed by atoms with E-state index in [1.807, 2.05) is 36.4 Å². The molecule has 0 radical (unpaired) electrons. The summed E-state index contributed by atoms with van der Waals surface area (Å²) in [7, 11) is 0. The highest BCUT2D eigenvalue weighted by molar-refractivity contribution is 6.13. The Morgan fingerprint density at radius 2 is 0.860 bits per heavy atom. The zero-order chi connectivity index (χ0) is 37.5. The molecular formula is C51H31N5O. The van der Waals surface area contributed by atoms with Crippen LogP contribution in [0.1, 0.15) is 0 Å². The second-order valence-electron chi connectivity index (χ2n) is 14.4. The number of hydrogen-bond acceptors (Lipinski definition) is 4. The van der Waals surface area contributed by atoms with E-state index >= 15 is 0 Å². The fourth-order valence-corrected chi connectivity index (χ4v) is 8.61. The van der Waals surface area contributed by atoms with Gasteiger partial charge >= 0.3 is 0 Å². The van der Waals surface area contributed by atoms with Gasteiger partial charge in [-0.05, 0) is 59.7 Å². The summed E-state index contributed by atoms with van der Waals surface area (Å²) in [5.74, 6) is 1.64. The maximum atomic E-state index is 6.88. The molecule has 0 saturated heterocycles. The number of para-hydroxylation sites is 4. The smallest absolute Gasteiger partial charge is 0.238 e. The van der Waals surface area contributed by atoms with Crippen LogP contribution in [0.15, 0.2) is 192 Å². The standard InChI is InChI=1S/C51H31N5O/c1-3-15-32(16-4-1)34-27-28-47-40(29-34)41-30-35(55-43-23-11-7-19-36(43)37-20-8-12-24-44(37)55)31-42(48(41)57-47)50-52-49(33-17-5-2-6-18-33)53-51(54-50)56-45-25-13-9-21-38(45)39-22-10-14-26-46(39)56/h1-31H. The molecule has 6 heteroatoms. The summed E-state index contributed by atoms with van der Waals surface area (Å²) >= 11 is 0. The highest BCUT2D eigenvalue weighted by atomic mass is 16.3. The number of hydrogen-bond donors (Lipinski definition) is 0. The van der Waals surface area contributed by atoms with Crippen LogP contribution in [-0.4, -0.2) is 24.1 Å². The average molecular weight is 730 g/mol. The van der Waals surface area contributed by atoms with Gasteiger partial charge in [-0.1, -0.05) is 140 Å². The second kappa shape index (κ2) is 12.3. The van der Waals surface area contributed by atoms with Gasteiger partial charge < -0.3 is 8.98 Å². The summed E-state index contributed by atoms with van der Waals surface area (Å²) in [6.07, 6.45) is 0. The number of nitrogens with zero attached hydrogens (tertiary/aromatic N) is 5. The SMILES string of the molecule is c1ccc(-c2ccc3oc4c(-c5nc(-c6ccccc6)nc(-n6c7ccccc7c7ccccc76)n5)cc(-n5c6ccccc6c6ccccc65)cc4c3c2)cc1. The van der Waals surface area contributed by atoms with Crippen molar-refractivity contribution >= 4 is 65.6 Å². The van der Waals surface area contributed by atoms with E-state index in [1.54, 1.807) is 0 Å². The number of benzene rings is 8. The topological polar surface area (TPSA) is 61.7 Å². The summed E-state index contributed by atoms with van der Waals surface area (Å²) in [4.78, 5) is 15.8. The molecule has 8 aromatic carbocycles. The number of aromatic nitrogens is 5. The van der Waals surface area contributed by atoms with E-state index in [2.05, 4.69) is 161 Å². The fraction of sp³-hybridized carbons (Fsp3) is 0.